The lowest BCUT2D eigenvalue weighted by Crippen LogP contribution is -2.48. The maximum Gasteiger partial charge on any atom is 0.325 e. The molecule has 0 bridgehead atoms. The van der Waals surface area contributed by atoms with Gasteiger partial charge in [-0.25, -0.2) is 0 Å². The molecule has 0 aliphatic rings. The lowest BCUT2D eigenvalue weighted by Gasteiger charge is -2.27. The highest BCUT2D eigenvalue weighted by atomic mass is 16.5. The first kappa shape index (κ1) is 15.3. The van der Waals surface area contributed by atoms with Crippen LogP contribution in [0.5, 0.6) is 0 Å². The molecule has 0 saturated heterocycles. The van der Waals surface area contributed by atoms with Gasteiger partial charge in [-0.3, -0.25) is 9.59 Å². The maximum atomic E-state index is 12.0. The Morgan fingerprint density at radius 3 is 2.62 bits per heavy atom. The van der Waals surface area contributed by atoms with Gasteiger partial charge in [-0.05, 0) is 24.4 Å². The Balaban J connectivity index is 2.06. The Morgan fingerprint density at radius 2 is 1.95 bits per heavy atom. The first-order chi connectivity index (χ1) is 9.84. The van der Waals surface area contributed by atoms with Gasteiger partial charge in [-0.15, -0.1) is 0 Å². The van der Waals surface area contributed by atoms with E-state index in [0.717, 1.165) is 10.9 Å². The quantitative estimate of drug-likeness (QED) is 0.855. The number of ether oxygens (including phenoxy) is 1. The molecule has 5 heteroatoms. The van der Waals surface area contributed by atoms with Crippen molar-refractivity contribution in [3.05, 3.63) is 36.5 Å². The number of Topliss-reactive ketones (excluding diaryl/α,β-unsaturated/α-hetero) is 1. The summed E-state index contributed by atoms with van der Waals surface area (Å²) in [5.74, 6) is -0.716. The number of hydrogen-bond acceptors (Lipinski definition) is 4. The van der Waals surface area contributed by atoms with Gasteiger partial charge in [0.05, 0.1) is 5.52 Å². The largest absolute Gasteiger partial charge is 0.443 e. The Bertz CT molecular complexity index is 673. The summed E-state index contributed by atoms with van der Waals surface area (Å²) in [5.41, 5.74) is 5.89. The molecule has 1 aromatic heterocycles. The molecular formula is C16H20N2O3. The van der Waals surface area contributed by atoms with Crippen molar-refractivity contribution < 1.29 is 14.3 Å². The van der Waals surface area contributed by atoms with Gasteiger partial charge < -0.3 is 15.0 Å². The van der Waals surface area contributed by atoms with Crippen LogP contribution in [0.2, 0.25) is 0 Å². The molecule has 0 saturated carbocycles. The summed E-state index contributed by atoms with van der Waals surface area (Å²) in [6, 6.07) is 8.77. The van der Waals surface area contributed by atoms with Gasteiger partial charge in [-0.2, -0.15) is 0 Å². The Hall–Kier alpha value is -2.14. The third kappa shape index (κ3) is 2.97. The monoisotopic (exact) mass is 288 g/mol. The zero-order chi connectivity index (χ0) is 15.6. The molecule has 0 fully saturated rings. The third-order valence-corrected chi connectivity index (χ3v) is 3.96. The molecular weight excluding hydrogens is 268 g/mol. The Morgan fingerprint density at radius 1 is 1.29 bits per heavy atom. The van der Waals surface area contributed by atoms with Gasteiger partial charge in [0.2, 0.25) is 0 Å². The van der Waals surface area contributed by atoms with E-state index in [-0.39, 0.29) is 12.5 Å². The molecule has 0 aliphatic carbocycles. The highest BCUT2D eigenvalue weighted by Crippen LogP contribution is 2.22. The van der Waals surface area contributed by atoms with Crippen LogP contribution < -0.4 is 5.73 Å². The van der Waals surface area contributed by atoms with Crippen molar-refractivity contribution in [1.29, 1.82) is 0 Å². The number of benzene rings is 1. The predicted octanol–water partition coefficient (Wildman–Crippen LogP) is 2.08. The summed E-state index contributed by atoms with van der Waals surface area (Å²) in [6.07, 6.45) is 1.85. The summed E-state index contributed by atoms with van der Waals surface area (Å²) in [4.78, 5) is 23.5. The highest BCUT2D eigenvalue weighted by molar-refractivity contribution is 5.90. The minimum absolute atomic E-state index is 0.0774. The predicted molar refractivity (Wildman–Crippen MR) is 80.5 cm³/mol. The van der Waals surface area contributed by atoms with E-state index in [1.165, 1.54) is 6.92 Å². The van der Waals surface area contributed by atoms with Crippen molar-refractivity contribution in [2.75, 3.05) is 0 Å². The second kappa shape index (κ2) is 5.69. The first-order valence-corrected chi connectivity index (χ1v) is 6.81. The van der Waals surface area contributed by atoms with Crippen molar-refractivity contribution in [3.63, 3.8) is 0 Å². The van der Waals surface area contributed by atoms with Crippen LogP contribution in [0.1, 0.15) is 20.8 Å². The lowest BCUT2D eigenvalue weighted by atomic mass is 9.81. The number of carbonyl (C=O) groups excluding carboxylic acids is 2. The molecule has 0 spiro atoms. The topological polar surface area (TPSA) is 74.3 Å². The van der Waals surface area contributed by atoms with E-state index in [9.17, 15) is 9.59 Å². The normalized spacial score (nSPS) is 13.1. The van der Waals surface area contributed by atoms with Gasteiger partial charge in [0.1, 0.15) is 11.8 Å². The molecule has 5 nitrogen and oxygen atoms in total. The number of para-hydroxylation sites is 1. The second-order valence-electron chi connectivity index (χ2n) is 5.69. The van der Waals surface area contributed by atoms with Gasteiger partial charge in [-0.1, -0.05) is 32.0 Å². The van der Waals surface area contributed by atoms with E-state index in [4.69, 9.17) is 10.5 Å². The van der Waals surface area contributed by atoms with Crippen molar-refractivity contribution in [2.24, 2.45) is 11.1 Å². The molecule has 2 N–H and O–H groups in total. The molecule has 21 heavy (non-hydrogen) atoms. The minimum atomic E-state index is -0.975. The Labute approximate surface area is 123 Å². The fraction of sp³-hybridized carbons (Fsp3) is 0.375. The van der Waals surface area contributed by atoms with E-state index in [1.54, 1.807) is 13.8 Å². The molecule has 0 aliphatic heterocycles. The number of rotatable bonds is 5. The zero-order valence-corrected chi connectivity index (χ0v) is 12.5. The van der Waals surface area contributed by atoms with Crippen LogP contribution in [-0.4, -0.2) is 22.4 Å². The standard InChI is InChI=1S/C16H20N2O3/c1-11(19)16(2,3)14(17)15(20)21-10-18-9-8-12-6-4-5-7-13(12)18/h4-9,14H,10,17H2,1-3H3/t14-/m1/s1. The van der Waals surface area contributed by atoms with E-state index < -0.39 is 17.4 Å². The molecule has 0 amide bonds. The van der Waals surface area contributed by atoms with Gasteiger partial charge >= 0.3 is 5.97 Å². The number of carbonyl (C=O) groups is 2. The molecule has 2 rings (SSSR count). The molecule has 2 aromatic rings. The molecule has 0 unspecified atom stereocenters. The molecule has 1 heterocycles. The van der Waals surface area contributed by atoms with Crippen molar-refractivity contribution in [2.45, 2.75) is 33.5 Å². The molecule has 1 aromatic carbocycles. The van der Waals surface area contributed by atoms with E-state index in [1.807, 2.05) is 41.1 Å². The van der Waals surface area contributed by atoms with Crippen LogP contribution in [0.4, 0.5) is 0 Å². The summed E-state index contributed by atoms with van der Waals surface area (Å²) in [5, 5.41) is 1.07. The smallest absolute Gasteiger partial charge is 0.325 e. The van der Waals surface area contributed by atoms with Crippen molar-refractivity contribution >= 4 is 22.7 Å². The van der Waals surface area contributed by atoms with E-state index in [2.05, 4.69) is 0 Å². The maximum absolute atomic E-state index is 12.0. The fourth-order valence-corrected chi connectivity index (χ4v) is 1.99. The third-order valence-electron chi connectivity index (χ3n) is 3.96. The van der Waals surface area contributed by atoms with Crippen LogP contribution in [0, 0.1) is 5.41 Å². The van der Waals surface area contributed by atoms with Gasteiger partial charge in [0.25, 0.3) is 0 Å². The number of ketones is 1. The van der Waals surface area contributed by atoms with E-state index in [0.29, 0.717) is 0 Å². The number of fused-ring (bicyclic) bond motifs is 1. The number of esters is 1. The first-order valence-electron chi connectivity index (χ1n) is 6.81. The van der Waals surface area contributed by atoms with Gasteiger partial charge in [0, 0.05) is 11.6 Å². The SMILES string of the molecule is CC(=O)C(C)(C)[C@H](N)C(=O)OCn1ccc2ccccc21. The molecule has 1 atom stereocenters. The van der Waals surface area contributed by atoms with Crippen LogP contribution in [0.15, 0.2) is 36.5 Å². The molecule has 0 radical (unpaired) electrons. The Kier molecular flexibility index (Phi) is 4.14. The zero-order valence-electron chi connectivity index (χ0n) is 12.5. The summed E-state index contributed by atoms with van der Waals surface area (Å²) >= 11 is 0. The minimum Gasteiger partial charge on any atom is -0.443 e. The van der Waals surface area contributed by atoms with Crippen LogP contribution in [0.3, 0.4) is 0 Å². The highest BCUT2D eigenvalue weighted by Gasteiger charge is 2.37. The number of nitrogens with zero attached hydrogens (tertiary/aromatic N) is 1. The lowest BCUT2D eigenvalue weighted by molar-refractivity contribution is -0.154. The molecule has 112 valence electrons. The fourth-order valence-electron chi connectivity index (χ4n) is 1.99. The summed E-state index contributed by atoms with van der Waals surface area (Å²) in [7, 11) is 0. The van der Waals surface area contributed by atoms with Crippen LogP contribution in [0.25, 0.3) is 10.9 Å². The average Bonchev–Trinajstić information content (AvgIpc) is 2.87. The van der Waals surface area contributed by atoms with Crippen LogP contribution >= 0.6 is 0 Å². The van der Waals surface area contributed by atoms with Gasteiger partial charge in [0.15, 0.2) is 6.73 Å². The summed E-state index contributed by atoms with van der Waals surface area (Å²) in [6.45, 7) is 4.79. The van der Waals surface area contributed by atoms with Crippen LogP contribution in [-0.2, 0) is 21.1 Å². The second-order valence-corrected chi connectivity index (χ2v) is 5.69. The van der Waals surface area contributed by atoms with E-state index >= 15 is 0 Å². The summed E-state index contributed by atoms with van der Waals surface area (Å²) < 4.78 is 7.06. The van der Waals surface area contributed by atoms with Crippen molar-refractivity contribution in [3.8, 4) is 0 Å². The number of hydrogen-bond donors (Lipinski definition) is 1. The van der Waals surface area contributed by atoms with Crippen molar-refractivity contribution in [1.82, 2.24) is 4.57 Å². The number of aromatic nitrogens is 1. The number of nitrogens with two attached hydrogens (primary N) is 1. The average molecular weight is 288 g/mol.